The highest BCUT2D eigenvalue weighted by Crippen LogP contribution is 2.06. The number of aromatic nitrogens is 2. The van der Waals surface area contributed by atoms with Crippen LogP contribution in [0.3, 0.4) is 0 Å². The molecule has 21 heteroatoms. The first-order chi connectivity index (χ1) is 22.1. The lowest BCUT2D eigenvalue weighted by Gasteiger charge is -2.27. The first kappa shape index (κ1) is 41.1. The number of thiol groups is 2. The number of aliphatic carboxylic acids is 1. The highest BCUT2D eigenvalue weighted by molar-refractivity contribution is 7.80. The third-order valence-electron chi connectivity index (χ3n) is 6.57. The van der Waals surface area contributed by atoms with E-state index in [1.165, 1.54) is 19.4 Å². The molecule has 7 unspecified atom stereocenters. The number of carbonyl (C=O) groups excluding carboxylic acids is 6. The zero-order chi connectivity index (χ0) is 35.8. The average molecular weight is 706 g/mol. The van der Waals surface area contributed by atoms with E-state index in [1.807, 2.05) is 0 Å². The van der Waals surface area contributed by atoms with E-state index in [-0.39, 0.29) is 17.9 Å². The van der Waals surface area contributed by atoms with Gasteiger partial charge in [-0.15, -0.1) is 0 Å². The van der Waals surface area contributed by atoms with Crippen molar-refractivity contribution in [2.75, 3.05) is 24.7 Å². The van der Waals surface area contributed by atoms with Crippen molar-refractivity contribution in [3.63, 3.8) is 0 Å². The summed E-state index contributed by atoms with van der Waals surface area (Å²) in [7, 11) is 0. The minimum atomic E-state index is -1.61. The van der Waals surface area contributed by atoms with Crippen LogP contribution in [0.15, 0.2) is 12.5 Å². The van der Waals surface area contributed by atoms with E-state index in [4.69, 9.17) is 21.1 Å². The molecular weight excluding hydrogens is 662 g/mol. The Kier molecular flexibility index (Phi) is 17.8. The van der Waals surface area contributed by atoms with Crippen molar-refractivity contribution in [3.8, 4) is 0 Å². The average Bonchev–Trinajstić information content (AvgIpc) is 3.55. The van der Waals surface area contributed by atoms with Gasteiger partial charge >= 0.3 is 5.97 Å². The number of hydrogen-bond acceptors (Lipinski definition) is 13. The molecule has 264 valence electrons. The Hall–Kier alpha value is -3.92. The molecule has 0 bridgehead atoms. The van der Waals surface area contributed by atoms with E-state index >= 15 is 0 Å². The molecule has 6 amide bonds. The zero-order valence-corrected chi connectivity index (χ0v) is 27.7. The Morgan fingerprint density at radius 1 is 0.745 bits per heavy atom. The molecule has 1 aromatic rings. The van der Waals surface area contributed by atoms with Gasteiger partial charge < -0.3 is 57.9 Å². The molecular formula is C26H43N9O10S2. The molecule has 1 aromatic heterocycles. The second kappa shape index (κ2) is 20.3. The maximum Gasteiger partial charge on any atom is 0.328 e. The number of nitrogens with one attached hydrogen (secondary N) is 7. The number of aliphatic hydroxyl groups excluding tert-OH is 2. The molecule has 19 nitrogen and oxygen atoms in total. The number of imidazole rings is 1. The predicted octanol–water partition coefficient (Wildman–Crippen LogP) is -5.21. The molecule has 0 aliphatic heterocycles. The fraction of sp³-hybridized carbons (Fsp3) is 0.615. The topological polar surface area (TPSA) is 307 Å². The minimum absolute atomic E-state index is 0.0987. The maximum absolute atomic E-state index is 13.3. The first-order valence-electron chi connectivity index (χ1n) is 14.3. The SMILES string of the molecule is CC(NC(=O)C(Cc1cnc[nH]1)NC(=O)C(CS)NC(=O)C(N)CO)C(=O)NC(C(=O)NC(CS)C(=O)NC(CO)C(=O)O)C(C)C. The Morgan fingerprint density at radius 3 is 1.70 bits per heavy atom. The van der Waals surface area contributed by atoms with Gasteiger partial charge in [-0.2, -0.15) is 25.3 Å². The highest BCUT2D eigenvalue weighted by atomic mass is 32.1. The fourth-order valence-corrected chi connectivity index (χ4v) is 4.27. The van der Waals surface area contributed by atoms with E-state index in [1.54, 1.807) is 13.8 Å². The molecule has 1 heterocycles. The molecule has 7 atom stereocenters. The lowest BCUT2D eigenvalue weighted by Crippen LogP contribution is -2.61. The van der Waals surface area contributed by atoms with Crippen LogP contribution >= 0.6 is 25.3 Å². The largest absolute Gasteiger partial charge is 0.480 e. The van der Waals surface area contributed by atoms with Crippen molar-refractivity contribution in [1.82, 2.24) is 41.9 Å². The monoisotopic (exact) mass is 705 g/mol. The quantitative estimate of drug-likeness (QED) is 0.0567. The smallest absolute Gasteiger partial charge is 0.328 e. The number of aliphatic hydroxyl groups is 2. The lowest BCUT2D eigenvalue weighted by atomic mass is 10.0. The molecule has 12 N–H and O–H groups in total. The summed E-state index contributed by atoms with van der Waals surface area (Å²) in [5.74, 6) is -7.38. The number of hydrogen-bond donors (Lipinski definition) is 13. The van der Waals surface area contributed by atoms with Gasteiger partial charge in [-0.3, -0.25) is 28.8 Å². The summed E-state index contributed by atoms with van der Waals surface area (Å²) < 4.78 is 0. The molecule has 0 saturated heterocycles. The van der Waals surface area contributed by atoms with E-state index in [2.05, 4.69) is 67.1 Å². The summed E-state index contributed by atoms with van der Waals surface area (Å²) >= 11 is 8.08. The van der Waals surface area contributed by atoms with Gasteiger partial charge in [-0.25, -0.2) is 9.78 Å². The Morgan fingerprint density at radius 2 is 1.26 bits per heavy atom. The fourth-order valence-electron chi connectivity index (χ4n) is 3.76. The van der Waals surface area contributed by atoms with Gasteiger partial charge in [-0.1, -0.05) is 13.8 Å². The van der Waals surface area contributed by atoms with Crippen molar-refractivity contribution in [2.45, 2.75) is 69.5 Å². The molecule has 0 saturated carbocycles. The molecule has 0 aliphatic rings. The van der Waals surface area contributed by atoms with Gasteiger partial charge in [0.1, 0.15) is 42.3 Å². The molecule has 47 heavy (non-hydrogen) atoms. The van der Waals surface area contributed by atoms with E-state index in [0.29, 0.717) is 5.69 Å². The number of carboxylic acids is 1. The number of nitrogens with two attached hydrogens (primary N) is 1. The van der Waals surface area contributed by atoms with Crippen molar-refractivity contribution in [1.29, 1.82) is 0 Å². The number of carbonyl (C=O) groups is 7. The van der Waals surface area contributed by atoms with Crippen molar-refractivity contribution in [2.24, 2.45) is 11.7 Å². The molecule has 0 spiro atoms. The Labute approximate surface area is 281 Å². The maximum atomic E-state index is 13.3. The van der Waals surface area contributed by atoms with E-state index in [0.717, 1.165) is 0 Å². The summed E-state index contributed by atoms with van der Waals surface area (Å²) in [5, 5.41) is 41.6. The zero-order valence-electron chi connectivity index (χ0n) is 25.9. The van der Waals surface area contributed by atoms with Gasteiger partial charge in [0, 0.05) is 29.8 Å². The van der Waals surface area contributed by atoms with Crippen LogP contribution in [0.2, 0.25) is 0 Å². The number of carboxylic acid groups (broad SMARTS) is 1. The second-order valence-corrected chi connectivity index (χ2v) is 11.4. The number of aromatic amines is 1. The molecule has 0 radical (unpaired) electrons. The number of rotatable bonds is 20. The van der Waals surface area contributed by atoms with Gasteiger partial charge in [0.15, 0.2) is 0 Å². The number of H-pyrrole nitrogens is 1. The third kappa shape index (κ3) is 13.4. The summed E-state index contributed by atoms with van der Waals surface area (Å²) in [6.45, 7) is 2.99. The third-order valence-corrected chi connectivity index (χ3v) is 7.30. The van der Waals surface area contributed by atoms with E-state index < -0.39 is 103 Å². The summed E-state index contributed by atoms with van der Waals surface area (Å²) in [4.78, 5) is 94.8. The van der Waals surface area contributed by atoms with Crippen molar-refractivity contribution < 1.29 is 48.9 Å². The molecule has 1 rings (SSSR count). The minimum Gasteiger partial charge on any atom is -0.480 e. The van der Waals surface area contributed by atoms with Crippen LogP contribution in [-0.4, -0.2) is 134 Å². The Balaban J connectivity index is 3.00. The second-order valence-electron chi connectivity index (χ2n) is 10.7. The Bertz CT molecular complexity index is 1240. The van der Waals surface area contributed by atoms with Crippen LogP contribution in [0, 0.1) is 5.92 Å². The van der Waals surface area contributed by atoms with Crippen LogP contribution in [0.5, 0.6) is 0 Å². The molecule has 0 fully saturated rings. The van der Waals surface area contributed by atoms with Crippen LogP contribution in [-0.2, 0) is 40.0 Å². The molecule has 0 aliphatic carbocycles. The van der Waals surface area contributed by atoms with Gasteiger partial charge in [0.2, 0.25) is 35.4 Å². The predicted molar refractivity (Wildman–Crippen MR) is 172 cm³/mol. The molecule has 0 aromatic carbocycles. The summed E-state index contributed by atoms with van der Waals surface area (Å²) in [6, 6.07) is -9.18. The van der Waals surface area contributed by atoms with Crippen LogP contribution in [0.4, 0.5) is 0 Å². The van der Waals surface area contributed by atoms with Gasteiger partial charge in [-0.05, 0) is 12.8 Å². The summed E-state index contributed by atoms with van der Waals surface area (Å²) in [5.41, 5.74) is 5.93. The van der Waals surface area contributed by atoms with Crippen LogP contribution in [0.25, 0.3) is 0 Å². The number of nitrogens with zero attached hydrogens (tertiary/aromatic N) is 1. The first-order valence-corrected chi connectivity index (χ1v) is 15.6. The standard InChI is InChI=1S/C26H43N9O10S2/c1-11(2)19(25(43)34-18(9-47)24(42)32-16(7-37)26(44)45)35-20(38)12(3)30-22(40)15(4-13-5-28-10-29-13)31-23(41)17(8-46)33-21(39)14(27)6-36/h5,10-12,14-19,36-37,46-47H,4,6-9,27H2,1-3H3,(H,28,29)(H,30,40)(H,31,41)(H,32,42)(H,33,39)(H,34,43)(H,35,38)(H,44,45). The van der Waals surface area contributed by atoms with Gasteiger partial charge in [0.05, 0.1) is 19.5 Å². The lowest BCUT2D eigenvalue weighted by molar-refractivity contribution is -0.143. The van der Waals surface area contributed by atoms with Crippen LogP contribution in [0.1, 0.15) is 26.5 Å². The van der Waals surface area contributed by atoms with Crippen molar-refractivity contribution in [3.05, 3.63) is 18.2 Å². The van der Waals surface area contributed by atoms with Crippen molar-refractivity contribution >= 4 is 66.7 Å². The number of amides is 6. The van der Waals surface area contributed by atoms with Gasteiger partial charge in [0.25, 0.3) is 0 Å². The summed E-state index contributed by atoms with van der Waals surface area (Å²) in [6.07, 6.45) is 2.67. The van der Waals surface area contributed by atoms with E-state index in [9.17, 15) is 33.6 Å². The highest BCUT2D eigenvalue weighted by Gasteiger charge is 2.33. The normalized spacial score (nSPS) is 15.5. The van der Waals surface area contributed by atoms with Crippen LogP contribution < -0.4 is 37.6 Å².